The number of alkyl halides is 6. The van der Waals surface area contributed by atoms with Crippen molar-refractivity contribution >= 4 is 0 Å². The molecule has 2 N–H and O–H groups in total. The predicted octanol–water partition coefficient (Wildman–Crippen LogP) is 2.41. The molecule has 2 aliphatic rings. The van der Waals surface area contributed by atoms with Gasteiger partial charge in [0.05, 0.1) is 18.0 Å². The first-order valence-electron chi connectivity index (χ1n) is 5.74. The molecule has 1 aliphatic heterocycles. The second kappa shape index (κ2) is 4.26. The van der Waals surface area contributed by atoms with Gasteiger partial charge in [0.15, 0.2) is 0 Å². The quantitative estimate of drug-likeness (QED) is 0.664. The Morgan fingerprint density at radius 1 is 0.889 bits per heavy atom. The van der Waals surface area contributed by atoms with Gasteiger partial charge in [-0.25, -0.2) is 0 Å². The van der Waals surface area contributed by atoms with E-state index in [0.717, 1.165) is 0 Å². The van der Waals surface area contributed by atoms with E-state index in [9.17, 15) is 26.3 Å². The zero-order valence-electron chi connectivity index (χ0n) is 9.57. The summed E-state index contributed by atoms with van der Waals surface area (Å²) in [5, 5.41) is 5.43. The highest BCUT2D eigenvalue weighted by atomic mass is 19.4. The highest BCUT2D eigenvalue weighted by Gasteiger charge is 2.57. The molecule has 0 aromatic rings. The van der Waals surface area contributed by atoms with E-state index >= 15 is 0 Å². The highest BCUT2D eigenvalue weighted by molar-refractivity contribution is 5.03. The van der Waals surface area contributed by atoms with Crippen molar-refractivity contribution in [1.82, 2.24) is 10.6 Å². The van der Waals surface area contributed by atoms with E-state index in [2.05, 4.69) is 10.6 Å². The van der Waals surface area contributed by atoms with Crippen molar-refractivity contribution in [1.29, 1.82) is 0 Å². The summed E-state index contributed by atoms with van der Waals surface area (Å²) in [6, 6.07) is -1.73. The van der Waals surface area contributed by atoms with Crippen LogP contribution in [-0.4, -0.2) is 30.6 Å². The molecule has 0 radical (unpaired) electrons. The molecule has 106 valence electrons. The molecule has 2 fully saturated rings. The Morgan fingerprint density at radius 2 is 1.50 bits per heavy atom. The third-order valence-corrected chi connectivity index (χ3v) is 3.73. The van der Waals surface area contributed by atoms with Gasteiger partial charge in [0.25, 0.3) is 0 Å². The first kappa shape index (κ1) is 13.9. The molecule has 2 nitrogen and oxygen atoms in total. The first-order chi connectivity index (χ1) is 8.09. The van der Waals surface area contributed by atoms with Crippen molar-refractivity contribution < 1.29 is 26.3 Å². The van der Waals surface area contributed by atoms with Crippen LogP contribution in [0.2, 0.25) is 0 Å². The number of hydrogen-bond donors (Lipinski definition) is 2. The minimum absolute atomic E-state index is 0.294. The Morgan fingerprint density at radius 3 is 2.00 bits per heavy atom. The second-order valence-corrected chi connectivity index (χ2v) is 5.05. The largest absolute Gasteiger partial charge is 0.393 e. The van der Waals surface area contributed by atoms with Crippen LogP contribution in [0.15, 0.2) is 0 Å². The Bertz CT molecular complexity index is 312. The van der Waals surface area contributed by atoms with Crippen LogP contribution in [0.25, 0.3) is 0 Å². The fourth-order valence-corrected chi connectivity index (χ4v) is 2.95. The molecule has 1 heterocycles. The molecule has 0 amide bonds. The average Bonchev–Trinajstić information content (AvgIpc) is 2.52. The SMILES string of the molecule is C[C@H]1NC2CC(C(F)(F)F)CC(C(F)(F)F)C2N1. The maximum atomic E-state index is 12.8. The van der Waals surface area contributed by atoms with E-state index in [0.29, 0.717) is 0 Å². The zero-order chi connectivity index (χ0) is 13.7. The lowest BCUT2D eigenvalue weighted by Gasteiger charge is -2.39. The molecular weight excluding hydrogens is 262 g/mol. The standard InChI is InChI=1S/C10H14F6N2/c1-4-17-7-3-5(9(11,12)13)2-6(8(7)18-4)10(14,15)16/h4-8,17-18H,2-3H2,1H3/t4-,5?,6?,7?,8?/m0/s1. The van der Waals surface area contributed by atoms with Crippen LogP contribution >= 0.6 is 0 Å². The van der Waals surface area contributed by atoms with E-state index < -0.39 is 48.9 Å². The van der Waals surface area contributed by atoms with E-state index in [-0.39, 0.29) is 6.42 Å². The molecule has 2 rings (SSSR count). The summed E-state index contributed by atoms with van der Waals surface area (Å²) < 4.78 is 76.4. The summed E-state index contributed by atoms with van der Waals surface area (Å²) in [5.41, 5.74) is 0. The first-order valence-corrected chi connectivity index (χ1v) is 5.74. The van der Waals surface area contributed by atoms with Crippen molar-refractivity contribution in [3.63, 3.8) is 0 Å². The molecule has 5 atom stereocenters. The zero-order valence-corrected chi connectivity index (χ0v) is 9.57. The van der Waals surface area contributed by atoms with Crippen molar-refractivity contribution in [3.8, 4) is 0 Å². The fourth-order valence-electron chi connectivity index (χ4n) is 2.95. The molecule has 8 heteroatoms. The Balaban J connectivity index is 2.22. The van der Waals surface area contributed by atoms with Gasteiger partial charge in [0.1, 0.15) is 0 Å². The van der Waals surface area contributed by atoms with Gasteiger partial charge < -0.3 is 0 Å². The lowest BCUT2D eigenvalue weighted by atomic mass is 9.75. The van der Waals surface area contributed by atoms with E-state index in [1.165, 1.54) is 0 Å². The minimum Gasteiger partial charge on any atom is -0.298 e. The number of nitrogens with one attached hydrogen (secondary N) is 2. The summed E-state index contributed by atoms with van der Waals surface area (Å²) in [6.45, 7) is 1.61. The van der Waals surface area contributed by atoms with E-state index in [4.69, 9.17) is 0 Å². The number of fused-ring (bicyclic) bond motifs is 1. The maximum Gasteiger partial charge on any atom is 0.393 e. The molecule has 1 saturated carbocycles. The second-order valence-electron chi connectivity index (χ2n) is 5.05. The average molecular weight is 276 g/mol. The summed E-state index contributed by atoms with van der Waals surface area (Å²) in [7, 11) is 0. The van der Waals surface area contributed by atoms with E-state index in [1.807, 2.05) is 0 Å². The smallest absolute Gasteiger partial charge is 0.298 e. The van der Waals surface area contributed by atoms with Crippen LogP contribution in [0.5, 0.6) is 0 Å². The highest BCUT2D eigenvalue weighted by Crippen LogP contribution is 2.46. The monoisotopic (exact) mass is 276 g/mol. The lowest BCUT2D eigenvalue weighted by molar-refractivity contribution is -0.228. The molecule has 0 aromatic heterocycles. The van der Waals surface area contributed by atoms with Gasteiger partial charge in [0, 0.05) is 12.1 Å². The molecule has 1 aliphatic carbocycles. The maximum absolute atomic E-state index is 12.8. The van der Waals surface area contributed by atoms with Gasteiger partial charge in [-0.15, -0.1) is 0 Å². The number of hydrogen-bond acceptors (Lipinski definition) is 2. The summed E-state index contributed by atoms with van der Waals surface area (Å²) in [5.74, 6) is -3.83. The van der Waals surface area contributed by atoms with Crippen molar-refractivity contribution in [3.05, 3.63) is 0 Å². The third kappa shape index (κ3) is 2.59. The van der Waals surface area contributed by atoms with Crippen LogP contribution in [0.3, 0.4) is 0 Å². The van der Waals surface area contributed by atoms with E-state index in [1.54, 1.807) is 6.92 Å². The molecule has 1 saturated heterocycles. The van der Waals surface area contributed by atoms with Gasteiger partial charge in [-0.2, -0.15) is 26.3 Å². The summed E-state index contributed by atoms with van der Waals surface area (Å²) >= 11 is 0. The Hall–Kier alpha value is -0.500. The van der Waals surface area contributed by atoms with Crippen molar-refractivity contribution in [2.24, 2.45) is 11.8 Å². The molecule has 0 bridgehead atoms. The van der Waals surface area contributed by atoms with Gasteiger partial charge in [-0.3, -0.25) is 10.6 Å². The normalized spacial score (nSPS) is 41.8. The minimum atomic E-state index is -4.61. The van der Waals surface area contributed by atoms with Crippen LogP contribution in [-0.2, 0) is 0 Å². The van der Waals surface area contributed by atoms with Crippen LogP contribution in [0.1, 0.15) is 19.8 Å². The van der Waals surface area contributed by atoms with Crippen LogP contribution in [0.4, 0.5) is 26.3 Å². The Kier molecular flexibility index (Phi) is 3.30. The molecule has 18 heavy (non-hydrogen) atoms. The van der Waals surface area contributed by atoms with Gasteiger partial charge in [-0.05, 0) is 19.8 Å². The molecule has 0 spiro atoms. The van der Waals surface area contributed by atoms with Gasteiger partial charge >= 0.3 is 12.4 Å². The van der Waals surface area contributed by atoms with Crippen LogP contribution < -0.4 is 10.6 Å². The van der Waals surface area contributed by atoms with Gasteiger partial charge in [0.2, 0.25) is 0 Å². The molecule has 4 unspecified atom stereocenters. The fraction of sp³-hybridized carbons (Fsp3) is 1.00. The summed E-state index contributed by atoms with van der Waals surface area (Å²) in [4.78, 5) is 0. The van der Waals surface area contributed by atoms with Crippen molar-refractivity contribution in [2.45, 2.75) is 50.4 Å². The number of rotatable bonds is 0. The number of halogens is 6. The van der Waals surface area contributed by atoms with Crippen LogP contribution in [0, 0.1) is 11.8 Å². The third-order valence-electron chi connectivity index (χ3n) is 3.73. The Labute approximate surface area is 100 Å². The lowest BCUT2D eigenvalue weighted by Crippen LogP contribution is -2.53. The summed E-state index contributed by atoms with van der Waals surface area (Å²) in [6.07, 6.45) is -10.7. The molecular formula is C10H14F6N2. The van der Waals surface area contributed by atoms with Crippen molar-refractivity contribution in [2.75, 3.05) is 0 Å². The topological polar surface area (TPSA) is 24.1 Å². The predicted molar refractivity (Wildman–Crippen MR) is 51.6 cm³/mol. The molecule has 0 aromatic carbocycles. The van der Waals surface area contributed by atoms with Gasteiger partial charge in [-0.1, -0.05) is 0 Å².